The average molecular weight is 711 g/mol. The van der Waals surface area contributed by atoms with E-state index in [1.165, 1.54) is 31.1 Å². The summed E-state index contributed by atoms with van der Waals surface area (Å²) in [6, 6.07) is 75.0. The van der Waals surface area contributed by atoms with Crippen LogP contribution in [0.4, 0.5) is 0 Å². The summed E-state index contributed by atoms with van der Waals surface area (Å²) < 4.78 is 0. The molecule has 0 saturated heterocycles. The number of hydrogen-bond acceptors (Lipinski definition) is 0. The summed E-state index contributed by atoms with van der Waals surface area (Å²) in [4.78, 5) is 0. The van der Waals surface area contributed by atoms with Gasteiger partial charge in [0.15, 0.2) is 17.6 Å². The van der Waals surface area contributed by atoms with Gasteiger partial charge < -0.3 is 12.4 Å². The van der Waals surface area contributed by atoms with Gasteiger partial charge in [0, 0.05) is 0 Å². The minimum Gasteiger partial charge on any atom is -1.00 e. The summed E-state index contributed by atoms with van der Waals surface area (Å²) in [6.07, 6.45) is 0. The molecule has 0 saturated carbocycles. The molecule has 2 radical (unpaired) electrons. The molecule has 0 heterocycles. The first-order valence-corrected chi connectivity index (χ1v) is 17.6. The molecule has 0 N–H and O–H groups in total. The fourth-order valence-corrected chi connectivity index (χ4v) is 10.1. The van der Waals surface area contributed by atoms with Crippen LogP contribution in [0.15, 0.2) is 212 Å². The molecule has 0 aliphatic carbocycles. The molecule has 0 amide bonds. The first kappa shape index (κ1) is 35.8. The van der Waals surface area contributed by atoms with Crippen LogP contribution in [0.1, 0.15) is 0 Å². The van der Waals surface area contributed by atoms with Gasteiger partial charge in [0.2, 0.25) is 0 Å². The molecule has 0 atom stereocenters. The van der Waals surface area contributed by atoms with Gasteiger partial charge in [-0.3, -0.25) is 0 Å². The number of halogens is 1. The van der Waals surface area contributed by atoms with Gasteiger partial charge in [0.1, 0.15) is 0 Å². The van der Waals surface area contributed by atoms with Crippen molar-refractivity contribution < 1.29 is 38.6 Å². The van der Waals surface area contributed by atoms with Gasteiger partial charge >= 0.3 is 26.2 Å². The zero-order chi connectivity index (χ0) is 29.4. The molecule has 0 bridgehead atoms. The molecule has 0 fully saturated rings. The van der Waals surface area contributed by atoms with Crippen LogP contribution in [-0.2, 0) is 26.2 Å². The van der Waals surface area contributed by atoms with E-state index >= 15 is 0 Å². The van der Waals surface area contributed by atoms with Crippen molar-refractivity contribution in [1.82, 2.24) is 0 Å². The minimum atomic E-state index is -0.877. The van der Waals surface area contributed by atoms with Crippen molar-refractivity contribution in [3.8, 4) is 0 Å². The van der Waals surface area contributed by atoms with Crippen LogP contribution in [0, 0.1) is 0 Å². The second kappa shape index (κ2) is 20.3. The van der Waals surface area contributed by atoms with Crippen LogP contribution >= 0.6 is 0 Å². The molecule has 218 valence electrons. The molecular weight excluding hydrogens is 675 g/mol. The maximum atomic E-state index is 2.24. The SMILES string of the molecule is [Cl-].[Zr+2].c1cc[cH-]c1.c1ccc([Si](c2ccccc2)c2ccccc2)cc1.c1ccc([Si](c2ccccc2)c2ccccc2)cc1. The molecule has 4 heteroatoms. The molecule has 7 rings (SSSR count). The molecular formula is C41H35ClSi2Zr. The van der Waals surface area contributed by atoms with Crippen LogP contribution in [0.2, 0.25) is 0 Å². The van der Waals surface area contributed by atoms with Crippen LogP contribution in [0.5, 0.6) is 0 Å². The first-order chi connectivity index (χ1) is 21.4. The fraction of sp³-hybridized carbons (Fsp3) is 0. The van der Waals surface area contributed by atoms with Crippen molar-refractivity contribution in [2.75, 3.05) is 0 Å². The van der Waals surface area contributed by atoms with Crippen molar-refractivity contribution in [1.29, 1.82) is 0 Å². The average Bonchev–Trinajstić information content (AvgIpc) is 3.69. The Balaban J connectivity index is 0.000000204. The van der Waals surface area contributed by atoms with E-state index in [2.05, 4.69) is 182 Å². The summed E-state index contributed by atoms with van der Waals surface area (Å²) in [6.45, 7) is 0. The van der Waals surface area contributed by atoms with Crippen LogP contribution in [0.3, 0.4) is 0 Å². The van der Waals surface area contributed by atoms with E-state index in [9.17, 15) is 0 Å². The second-order valence-corrected chi connectivity index (χ2v) is 14.9. The van der Waals surface area contributed by atoms with Gasteiger partial charge in [0.25, 0.3) is 0 Å². The van der Waals surface area contributed by atoms with Gasteiger partial charge in [0.05, 0.1) is 0 Å². The third-order valence-electron chi connectivity index (χ3n) is 6.93. The molecule has 7 aromatic rings. The van der Waals surface area contributed by atoms with E-state index in [4.69, 9.17) is 0 Å². The maximum absolute atomic E-state index is 2.24. The first-order valence-electron chi connectivity index (χ1n) is 14.6. The molecule has 0 spiro atoms. The summed E-state index contributed by atoms with van der Waals surface area (Å²) in [5.74, 6) is 0. The van der Waals surface area contributed by atoms with E-state index in [-0.39, 0.29) is 38.6 Å². The van der Waals surface area contributed by atoms with Crippen molar-refractivity contribution in [3.63, 3.8) is 0 Å². The summed E-state index contributed by atoms with van der Waals surface area (Å²) in [5.41, 5.74) is 0. The van der Waals surface area contributed by atoms with Gasteiger partial charge in [-0.15, -0.1) is 0 Å². The fourth-order valence-electron chi connectivity index (χ4n) is 4.95. The largest absolute Gasteiger partial charge is 2.00 e. The zero-order valence-electron chi connectivity index (χ0n) is 25.1. The predicted octanol–water partition coefficient (Wildman–Crippen LogP) is 2.81. The second-order valence-electron chi connectivity index (χ2n) is 9.91. The Morgan fingerprint density at radius 1 is 0.267 bits per heavy atom. The molecule has 0 aliphatic heterocycles. The smallest absolute Gasteiger partial charge is 1.00 e. The monoisotopic (exact) mass is 708 g/mol. The Bertz CT molecular complexity index is 1360. The quantitative estimate of drug-likeness (QED) is 0.142. The van der Waals surface area contributed by atoms with Crippen molar-refractivity contribution in [3.05, 3.63) is 212 Å². The zero-order valence-corrected chi connectivity index (χ0v) is 30.3. The van der Waals surface area contributed by atoms with E-state index in [0.717, 1.165) is 0 Å². The van der Waals surface area contributed by atoms with Crippen molar-refractivity contribution >= 4 is 48.7 Å². The topological polar surface area (TPSA) is 0 Å². The summed E-state index contributed by atoms with van der Waals surface area (Å²) in [5, 5.41) is 8.61. The van der Waals surface area contributed by atoms with Crippen LogP contribution < -0.4 is 43.5 Å². The predicted molar refractivity (Wildman–Crippen MR) is 190 cm³/mol. The van der Waals surface area contributed by atoms with Crippen LogP contribution in [-0.4, -0.2) is 17.6 Å². The number of hydrogen-bond donors (Lipinski definition) is 0. The van der Waals surface area contributed by atoms with Gasteiger partial charge in [-0.1, -0.05) is 213 Å². The Labute approximate surface area is 297 Å². The Hall–Kier alpha value is -3.72. The molecule has 0 aliphatic rings. The molecule has 0 nitrogen and oxygen atoms in total. The summed E-state index contributed by atoms with van der Waals surface area (Å²) >= 11 is 0. The molecule has 45 heavy (non-hydrogen) atoms. The third-order valence-corrected chi connectivity index (χ3v) is 12.4. The normalized spacial score (nSPS) is 9.82. The summed E-state index contributed by atoms with van der Waals surface area (Å²) in [7, 11) is -1.75. The maximum Gasteiger partial charge on any atom is 2.00 e. The van der Waals surface area contributed by atoms with E-state index in [0.29, 0.717) is 0 Å². The number of rotatable bonds is 6. The minimum absolute atomic E-state index is 0. The Morgan fingerprint density at radius 3 is 0.578 bits per heavy atom. The molecule has 0 unspecified atom stereocenters. The molecule has 7 aromatic carbocycles. The third kappa shape index (κ3) is 11.0. The van der Waals surface area contributed by atoms with Gasteiger partial charge in [-0.05, 0) is 0 Å². The Morgan fingerprint density at radius 2 is 0.444 bits per heavy atom. The molecule has 0 aromatic heterocycles. The van der Waals surface area contributed by atoms with E-state index < -0.39 is 17.6 Å². The number of benzene rings is 6. The van der Waals surface area contributed by atoms with E-state index in [1.54, 1.807) is 0 Å². The standard InChI is InChI=1S/2C18H15Si.C5H5.ClH.Zr/c2*1-4-10-16(11-5-1)19(17-12-6-2-7-13-17)18-14-8-3-9-15-18;1-2-4-5-3-1;;/h2*1-15H;1-5H;1H;/q;;-1;;+2/p-1. The van der Waals surface area contributed by atoms with Gasteiger partial charge in [-0.2, -0.15) is 18.2 Å². The Kier molecular flexibility index (Phi) is 16.2. The van der Waals surface area contributed by atoms with E-state index in [1.807, 2.05) is 30.3 Å². The van der Waals surface area contributed by atoms with Gasteiger partial charge in [-0.25, -0.2) is 12.1 Å². The van der Waals surface area contributed by atoms with Crippen molar-refractivity contribution in [2.45, 2.75) is 0 Å². The van der Waals surface area contributed by atoms with Crippen molar-refractivity contribution in [2.24, 2.45) is 0 Å². The van der Waals surface area contributed by atoms with Crippen LogP contribution in [0.25, 0.3) is 0 Å².